The van der Waals surface area contributed by atoms with E-state index in [0.29, 0.717) is 31.6 Å². The number of aliphatic hydroxyl groups is 1. The lowest BCUT2D eigenvalue weighted by atomic mass is 9.99. The Balaban J connectivity index is 5.20. The summed E-state index contributed by atoms with van der Waals surface area (Å²) in [5.74, 6) is 0.894. The first-order chi connectivity index (χ1) is 44.2. The number of aliphatic hydroxyl groups excluding tert-OH is 1. The first kappa shape index (κ1) is 90.1. The summed E-state index contributed by atoms with van der Waals surface area (Å²) in [4.78, 5) is 72.6. The highest BCUT2D eigenvalue weighted by Crippen LogP contribution is 2.45. The van der Waals surface area contributed by atoms with Crippen LogP contribution >= 0.6 is 15.6 Å². The van der Waals surface area contributed by atoms with Crippen molar-refractivity contribution in [1.82, 2.24) is 0 Å². The van der Waals surface area contributed by atoms with Crippen molar-refractivity contribution in [1.29, 1.82) is 0 Å². The number of carbonyl (C=O) groups is 4. The monoisotopic (exact) mass is 1350 g/mol. The molecule has 4 unspecified atom stereocenters. The highest BCUT2D eigenvalue weighted by atomic mass is 31.2. The number of carbonyl (C=O) groups excluding carboxylic acids is 4. The third-order valence-corrected chi connectivity index (χ3v) is 19.4. The maximum absolute atomic E-state index is 13.0. The lowest BCUT2D eigenvalue weighted by Gasteiger charge is -2.21. The number of esters is 4. The van der Waals surface area contributed by atoms with Gasteiger partial charge >= 0.3 is 39.5 Å². The van der Waals surface area contributed by atoms with Crippen molar-refractivity contribution in [2.75, 3.05) is 39.6 Å². The van der Waals surface area contributed by atoms with Gasteiger partial charge in [-0.3, -0.25) is 37.3 Å². The normalized spacial score (nSPS) is 14.8. The lowest BCUT2D eigenvalue weighted by Crippen LogP contribution is -2.30. The summed E-state index contributed by atoms with van der Waals surface area (Å²) in [5.41, 5.74) is 0. The van der Waals surface area contributed by atoms with Gasteiger partial charge in [0, 0.05) is 25.7 Å². The molecule has 92 heavy (non-hydrogen) atoms. The summed E-state index contributed by atoms with van der Waals surface area (Å²) in [6, 6.07) is 0. The molecule has 19 heteroatoms. The molecule has 17 nitrogen and oxygen atoms in total. The molecule has 0 aromatic heterocycles. The fraction of sp³-hybridized carbons (Fsp3) is 0.945. The largest absolute Gasteiger partial charge is 0.472 e. The van der Waals surface area contributed by atoms with Gasteiger partial charge < -0.3 is 33.8 Å². The molecule has 0 spiro atoms. The number of hydrogen-bond acceptors (Lipinski definition) is 15. The number of hydrogen-bond donors (Lipinski definition) is 3. The van der Waals surface area contributed by atoms with Crippen molar-refractivity contribution in [3.63, 3.8) is 0 Å². The minimum atomic E-state index is -4.95. The predicted molar refractivity (Wildman–Crippen MR) is 372 cm³/mol. The Hall–Kier alpha value is -1.94. The number of ether oxygens (including phenoxy) is 4. The van der Waals surface area contributed by atoms with Crippen LogP contribution in [0.5, 0.6) is 0 Å². The van der Waals surface area contributed by atoms with Crippen molar-refractivity contribution in [2.24, 2.45) is 23.7 Å². The van der Waals surface area contributed by atoms with Gasteiger partial charge in [-0.15, -0.1) is 0 Å². The molecule has 0 aromatic rings. The highest BCUT2D eigenvalue weighted by Gasteiger charge is 2.30. The van der Waals surface area contributed by atoms with Gasteiger partial charge in [-0.1, -0.05) is 312 Å². The molecule has 0 rings (SSSR count). The van der Waals surface area contributed by atoms with Crippen molar-refractivity contribution in [3.8, 4) is 0 Å². The van der Waals surface area contributed by atoms with Crippen molar-refractivity contribution < 1.29 is 80.2 Å². The highest BCUT2D eigenvalue weighted by molar-refractivity contribution is 7.47. The van der Waals surface area contributed by atoms with Crippen LogP contribution in [0.15, 0.2) is 0 Å². The fourth-order valence-electron chi connectivity index (χ4n) is 11.0. The average Bonchev–Trinajstić information content (AvgIpc) is 3.70. The summed E-state index contributed by atoms with van der Waals surface area (Å²) in [6.45, 7) is 14.1. The minimum absolute atomic E-state index is 0.105. The average molecular weight is 1350 g/mol. The van der Waals surface area contributed by atoms with Crippen LogP contribution in [0.25, 0.3) is 0 Å². The van der Waals surface area contributed by atoms with Crippen LogP contribution in [0.4, 0.5) is 0 Å². The summed E-state index contributed by atoms with van der Waals surface area (Å²) < 4.78 is 68.3. The smallest absolute Gasteiger partial charge is 0.462 e. The summed E-state index contributed by atoms with van der Waals surface area (Å²) in [6.07, 6.45) is 46.0. The van der Waals surface area contributed by atoms with E-state index < -0.39 is 97.5 Å². The summed E-state index contributed by atoms with van der Waals surface area (Å²) in [7, 11) is -9.91. The van der Waals surface area contributed by atoms with Gasteiger partial charge in [-0.2, -0.15) is 0 Å². The van der Waals surface area contributed by atoms with E-state index >= 15 is 0 Å². The molecule has 0 radical (unpaired) electrons. The molecule has 0 bridgehead atoms. The number of rotatable bonds is 70. The van der Waals surface area contributed by atoms with E-state index in [1.807, 2.05) is 0 Å². The van der Waals surface area contributed by atoms with Gasteiger partial charge in [0.05, 0.1) is 26.4 Å². The minimum Gasteiger partial charge on any atom is -0.462 e. The fourth-order valence-corrected chi connectivity index (χ4v) is 12.5. The van der Waals surface area contributed by atoms with Crippen LogP contribution in [-0.4, -0.2) is 96.7 Å². The molecule has 0 amide bonds. The summed E-state index contributed by atoms with van der Waals surface area (Å²) in [5, 5.41) is 10.6. The second-order valence-corrected chi connectivity index (χ2v) is 30.7. The van der Waals surface area contributed by atoms with Crippen LogP contribution in [0.2, 0.25) is 0 Å². The van der Waals surface area contributed by atoms with E-state index in [1.54, 1.807) is 0 Å². The SMILES string of the molecule is CCC(C)CCCCCCCCCCCCC(=O)O[C@H](COC(=O)CCCCCCCCC(C)C)COP(=O)(O)OC[C@@H](O)COP(=O)(O)OC[C@@H](COC(=O)CCCCCCCCC(C)CC)OC(=O)CCCCCCCCCCCCCCCCCCC(C)C. The van der Waals surface area contributed by atoms with E-state index in [2.05, 4.69) is 55.4 Å². The topological polar surface area (TPSA) is 237 Å². The van der Waals surface area contributed by atoms with Crippen molar-refractivity contribution in [3.05, 3.63) is 0 Å². The van der Waals surface area contributed by atoms with Gasteiger partial charge in [-0.25, -0.2) is 9.13 Å². The molecular formula is C73H142O17P2. The molecule has 7 atom stereocenters. The van der Waals surface area contributed by atoms with Crippen molar-refractivity contribution >= 4 is 39.5 Å². The van der Waals surface area contributed by atoms with Gasteiger partial charge in [0.15, 0.2) is 12.2 Å². The zero-order valence-corrected chi connectivity index (χ0v) is 62.0. The maximum Gasteiger partial charge on any atom is 0.472 e. The van der Waals surface area contributed by atoms with Gasteiger partial charge in [0.2, 0.25) is 0 Å². The number of phosphoric ester groups is 2. The molecule has 0 aliphatic carbocycles. The standard InChI is InChI=1S/C73H142O17P2/c1-9-65(7)51-43-35-26-22-19-20-24-28-40-48-56-73(78)89-68(59-83-70(75)53-45-37-31-29-34-42-50-64(5)6)61-87-91(79,80)85-57-67(74)58-86-92(81,82)88-62-69(60-84-71(76)54-46-38-32-30-36-44-52-66(8)10-2)90-72(77)55-47-39-27-23-18-16-14-12-11-13-15-17-21-25-33-41-49-63(3)4/h63-69,74H,9-62H2,1-8H3,(H,79,80)(H,81,82)/t65?,66?,67-,68-,69-/m1/s1. The van der Waals surface area contributed by atoms with E-state index in [9.17, 15) is 43.2 Å². The third-order valence-electron chi connectivity index (χ3n) is 17.5. The van der Waals surface area contributed by atoms with Crippen LogP contribution in [0.3, 0.4) is 0 Å². The Kier molecular flexibility index (Phi) is 61.3. The van der Waals surface area contributed by atoms with Crippen LogP contribution < -0.4 is 0 Å². The lowest BCUT2D eigenvalue weighted by molar-refractivity contribution is -0.161. The zero-order valence-electron chi connectivity index (χ0n) is 60.2. The quantitative estimate of drug-likeness (QED) is 0.0222. The molecule has 0 aliphatic rings. The van der Waals surface area contributed by atoms with Crippen LogP contribution in [0.1, 0.15) is 364 Å². The molecule has 0 heterocycles. The first-order valence-corrected chi connectivity index (χ1v) is 40.8. The van der Waals surface area contributed by atoms with Crippen LogP contribution in [0, 0.1) is 23.7 Å². The predicted octanol–water partition coefficient (Wildman–Crippen LogP) is 20.9. The second kappa shape index (κ2) is 62.6. The molecule has 546 valence electrons. The Morgan fingerprint density at radius 3 is 0.772 bits per heavy atom. The summed E-state index contributed by atoms with van der Waals surface area (Å²) >= 11 is 0. The van der Waals surface area contributed by atoms with E-state index in [-0.39, 0.29) is 25.7 Å². The Labute approximate surface area is 562 Å². The number of phosphoric acid groups is 2. The van der Waals surface area contributed by atoms with Crippen LogP contribution in [-0.2, 0) is 65.4 Å². The molecule has 3 N–H and O–H groups in total. The Bertz CT molecular complexity index is 1820. The van der Waals surface area contributed by atoms with Gasteiger partial charge in [-0.05, 0) is 49.4 Å². The molecular weight excluding hydrogens is 1210 g/mol. The molecule has 0 aromatic carbocycles. The maximum atomic E-state index is 13.0. The molecule has 0 saturated heterocycles. The van der Waals surface area contributed by atoms with Crippen molar-refractivity contribution in [2.45, 2.75) is 382 Å². The van der Waals surface area contributed by atoms with E-state index in [1.165, 1.54) is 154 Å². The van der Waals surface area contributed by atoms with E-state index in [4.69, 9.17) is 37.0 Å². The first-order valence-electron chi connectivity index (χ1n) is 37.8. The third kappa shape index (κ3) is 64.1. The van der Waals surface area contributed by atoms with E-state index in [0.717, 1.165) is 120 Å². The Morgan fingerprint density at radius 2 is 0.522 bits per heavy atom. The van der Waals surface area contributed by atoms with Gasteiger partial charge in [0.25, 0.3) is 0 Å². The van der Waals surface area contributed by atoms with Gasteiger partial charge in [0.1, 0.15) is 19.3 Å². The molecule has 0 saturated carbocycles. The zero-order chi connectivity index (χ0) is 68.2. The molecule has 0 aliphatic heterocycles. The number of unbranched alkanes of at least 4 members (excludes halogenated alkanes) is 34. The molecule has 0 fully saturated rings. The Morgan fingerprint density at radius 1 is 0.304 bits per heavy atom. The second-order valence-electron chi connectivity index (χ2n) is 27.8.